The summed E-state index contributed by atoms with van der Waals surface area (Å²) in [5.41, 5.74) is 0. The molecule has 0 bridgehead atoms. The fraction of sp³-hybridized carbons (Fsp3) is 0.683. The molecule has 0 aliphatic carbocycles. The van der Waals surface area contributed by atoms with Gasteiger partial charge in [-0.1, -0.05) is 220 Å². The number of hydrogen-bond donors (Lipinski definition) is 2. The highest BCUT2D eigenvalue weighted by Crippen LogP contribution is 2.43. The van der Waals surface area contributed by atoms with E-state index in [-0.39, 0.29) is 37.9 Å². The predicted molar refractivity (Wildman–Crippen MR) is 313 cm³/mol. The van der Waals surface area contributed by atoms with Gasteiger partial charge in [-0.05, 0) is 102 Å². The van der Waals surface area contributed by atoms with Gasteiger partial charge in [-0.2, -0.15) is 0 Å². The number of esters is 1. The third kappa shape index (κ3) is 53.3. The minimum Gasteiger partial charge on any atom is -0.456 e. The molecule has 0 aromatic heterocycles. The molecule has 0 aromatic rings. The van der Waals surface area contributed by atoms with Gasteiger partial charge >= 0.3 is 13.8 Å². The zero-order valence-corrected chi connectivity index (χ0v) is 48.5. The van der Waals surface area contributed by atoms with Crippen LogP contribution in [0.4, 0.5) is 0 Å². The molecule has 3 atom stereocenters. The number of carbonyl (C=O) groups is 2. The van der Waals surface area contributed by atoms with E-state index in [0.717, 1.165) is 103 Å². The Morgan fingerprint density at radius 3 is 1.37 bits per heavy atom. The summed E-state index contributed by atoms with van der Waals surface area (Å²) < 4.78 is 30.6. The Balaban J connectivity index is 5.46. The van der Waals surface area contributed by atoms with Crippen molar-refractivity contribution < 1.29 is 37.3 Å². The average molecular weight is 1040 g/mol. The van der Waals surface area contributed by atoms with E-state index in [2.05, 4.69) is 111 Å². The number of carbonyl (C=O) groups excluding carboxylic acids is 2. The molecule has 1 amide bonds. The molecule has 0 aromatic carbocycles. The number of hydrogen-bond acceptors (Lipinski definition) is 6. The molecule has 0 saturated heterocycles. The fourth-order valence-electron chi connectivity index (χ4n) is 7.70. The summed E-state index contributed by atoms with van der Waals surface area (Å²) in [5, 5.41) is 2.99. The lowest BCUT2D eigenvalue weighted by Crippen LogP contribution is -2.47. The zero-order chi connectivity index (χ0) is 53.6. The van der Waals surface area contributed by atoms with Crippen LogP contribution in [0.3, 0.4) is 0 Å². The second kappa shape index (κ2) is 52.1. The number of ether oxygens (including phenoxy) is 1. The number of nitrogens with one attached hydrogen (secondary N) is 1. The van der Waals surface area contributed by atoms with Crippen LogP contribution in [0, 0.1) is 0 Å². The van der Waals surface area contributed by atoms with Gasteiger partial charge in [0, 0.05) is 12.8 Å². The van der Waals surface area contributed by atoms with Crippen LogP contribution in [-0.2, 0) is 27.9 Å². The Morgan fingerprint density at radius 2 is 0.890 bits per heavy atom. The lowest BCUT2D eigenvalue weighted by Gasteiger charge is -2.27. The van der Waals surface area contributed by atoms with E-state index >= 15 is 0 Å². The molecule has 0 rings (SSSR count). The molecule has 418 valence electrons. The van der Waals surface area contributed by atoms with Gasteiger partial charge in [0.05, 0.1) is 33.8 Å². The summed E-state index contributed by atoms with van der Waals surface area (Å²) in [4.78, 5) is 37.6. The maximum absolute atomic E-state index is 13.5. The Bertz CT molecular complexity index is 1620. The third-order valence-electron chi connectivity index (χ3n) is 12.2. The number of unbranched alkanes of at least 4 members (excludes halogenated alkanes) is 19. The number of phosphoric ester groups is 1. The molecule has 73 heavy (non-hydrogen) atoms. The predicted octanol–water partition coefficient (Wildman–Crippen LogP) is 17.8. The van der Waals surface area contributed by atoms with Crippen LogP contribution in [0.25, 0.3) is 0 Å². The Labute approximate surface area is 449 Å². The summed E-state index contributed by atoms with van der Waals surface area (Å²) in [5.74, 6) is -0.624. The number of quaternary nitrogens is 1. The summed E-state index contributed by atoms with van der Waals surface area (Å²) in [7, 11) is 1.43. The van der Waals surface area contributed by atoms with Crippen LogP contribution in [-0.4, -0.2) is 74.3 Å². The molecule has 2 N–H and O–H groups in total. The van der Waals surface area contributed by atoms with E-state index < -0.39 is 20.0 Å². The number of allylic oxidation sites excluding steroid dienone is 17. The van der Waals surface area contributed by atoms with Crippen LogP contribution >= 0.6 is 7.82 Å². The normalized spacial score (nSPS) is 14.6. The molecule has 0 spiro atoms. The first-order chi connectivity index (χ1) is 35.4. The summed E-state index contributed by atoms with van der Waals surface area (Å²) in [6.07, 6.45) is 71.0. The molecule has 3 unspecified atom stereocenters. The van der Waals surface area contributed by atoms with E-state index in [4.69, 9.17) is 13.8 Å². The van der Waals surface area contributed by atoms with Gasteiger partial charge in [-0.15, -0.1) is 0 Å². The Morgan fingerprint density at radius 1 is 0.493 bits per heavy atom. The lowest BCUT2D eigenvalue weighted by atomic mass is 10.1. The second-order valence-corrected chi connectivity index (χ2v) is 21.9. The van der Waals surface area contributed by atoms with Crippen LogP contribution < -0.4 is 5.32 Å². The third-order valence-corrected chi connectivity index (χ3v) is 13.2. The van der Waals surface area contributed by atoms with Gasteiger partial charge in [0.15, 0.2) is 0 Å². The van der Waals surface area contributed by atoms with Crippen LogP contribution in [0.1, 0.15) is 226 Å². The average Bonchev–Trinajstić information content (AvgIpc) is 3.35. The summed E-state index contributed by atoms with van der Waals surface area (Å²) >= 11 is 0. The SMILES string of the molecule is CC/C=C/C/C=C/C/C=C/C/C=C/C/C=C/CCC(=O)NC(COP(=O)(O)OCC[N+](C)(C)C)C(/C=C/CCCCCCCCCCCC)OC(=O)CCCCCCCC/C=C\C/C=C\C/C=C\CCCCC. The van der Waals surface area contributed by atoms with Crippen molar-refractivity contribution in [2.75, 3.05) is 40.9 Å². The van der Waals surface area contributed by atoms with Crippen molar-refractivity contribution in [2.45, 2.75) is 238 Å². The minimum absolute atomic E-state index is 0.0192. The van der Waals surface area contributed by atoms with E-state index in [1.54, 1.807) is 0 Å². The van der Waals surface area contributed by atoms with Gasteiger partial charge in [0.1, 0.15) is 19.3 Å². The lowest BCUT2D eigenvalue weighted by molar-refractivity contribution is -0.870. The molecule has 0 fully saturated rings. The molecule has 0 radical (unpaired) electrons. The van der Waals surface area contributed by atoms with Gasteiger partial charge in [0.2, 0.25) is 5.91 Å². The second-order valence-electron chi connectivity index (χ2n) is 20.4. The quantitative estimate of drug-likeness (QED) is 0.0205. The highest BCUT2D eigenvalue weighted by molar-refractivity contribution is 7.47. The molecular weight excluding hydrogens is 928 g/mol. The largest absolute Gasteiger partial charge is 0.472 e. The topological polar surface area (TPSA) is 111 Å². The molecular formula is C63H110N2O7P+. The smallest absolute Gasteiger partial charge is 0.456 e. The van der Waals surface area contributed by atoms with E-state index in [9.17, 15) is 19.0 Å². The van der Waals surface area contributed by atoms with Crippen molar-refractivity contribution in [3.63, 3.8) is 0 Å². The first kappa shape index (κ1) is 69.7. The number of nitrogens with zero attached hydrogens (tertiary/aromatic N) is 1. The Kier molecular flexibility index (Phi) is 49.7. The van der Waals surface area contributed by atoms with Crippen molar-refractivity contribution in [3.05, 3.63) is 109 Å². The van der Waals surface area contributed by atoms with Crippen LogP contribution in [0.2, 0.25) is 0 Å². The number of phosphoric acid groups is 1. The maximum atomic E-state index is 13.5. The number of likely N-dealkylation sites (N-methyl/N-ethyl adjacent to an activating group) is 1. The molecule has 9 nitrogen and oxygen atoms in total. The highest BCUT2D eigenvalue weighted by Gasteiger charge is 2.30. The fourth-order valence-corrected chi connectivity index (χ4v) is 8.43. The van der Waals surface area contributed by atoms with Gasteiger partial charge in [0.25, 0.3) is 0 Å². The molecule has 0 aliphatic rings. The standard InChI is InChI=1S/C63H109N2O7P/c1-7-10-13-16-19-22-25-28-30-32-33-34-36-38-41-44-47-50-53-56-63(67)72-61(54-51-48-45-42-39-27-24-21-18-15-12-9-3)60(59-71-73(68,69)70-58-57-65(4,5)6)64-62(66)55-52-49-46-43-40-37-35-31-29-26-23-20-17-14-11-8-2/h11,14,19-20,22-23,28-31,33-34,37,40,46,49,51,54,60-61H,7-10,12-13,15-18,21,24-27,32,35-36,38-39,41-45,47-48,50,52-53,55-59H2,1-6H3,(H-,64,66,68,69)/p+1/b14-11+,22-19-,23-20+,30-28-,31-29+,34-33-,40-37+,49-46+,54-51+. The highest BCUT2D eigenvalue weighted by atomic mass is 31.2. The van der Waals surface area contributed by atoms with E-state index in [1.807, 2.05) is 45.4 Å². The van der Waals surface area contributed by atoms with E-state index in [0.29, 0.717) is 23.9 Å². The number of amides is 1. The van der Waals surface area contributed by atoms with Crippen molar-refractivity contribution >= 4 is 19.7 Å². The van der Waals surface area contributed by atoms with Crippen molar-refractivity contribution in [1.29, 1.82) is 0 Å². The first-order valence-electron chi connectivity index (χ1n) is 29.2. The van der Waals surface area contributed by atoms with Crippen molar-refractivity contribution in [1.82, 2.24) is 5.32 Å². The number of rotatable bonds is 51. The van der Waals surface area contributed by atoms with E-state index in [1.165, 1.54) is 77.0 Å². The Hall–Kier alpha value is -3.33. The minimum atomic E-state index is -4.47. The summed E-state index contributed by atoms with van der Waals surface area (Å²) in [6.45, 7) is 6.78. The molecule has 10 heteroatoms. The zero-order valence-electron chi connectivity index (χ0n) is 47.6. The molecule has 0 aliphatic heterocycles. The molecule has 0 saturated carbocycles. The van der Waals surface area contributed by atoms with Gasteiger partial charge in [-0.25, -0.2) is 4.57 Å². The van der Waals surface area contributed by atoms with Crippen LogP contribution in [0.15, 0.2) is 109 Å². The summed E-state index contributed by atoms with van der Waals surface area (Å²) in [6, 6.07) is -0.899. The van der Waals surface area contributed by atoms with Gasteiger partial charge in [-0.3, -0.25) is 18.6 Å². The monoisotopic (exact) mass is 1040 g/mol. The van der Waals surface area contributed by atoms with Gasteiger partial charge < -0.3 is 19.4 Å². The van der Waals surface area contributed by atoms with Crippen LogP contribution in [0.5, 0.6) is 0 Å². The van der Waals surface area contributed by atoms with Crippen molar-refractivity contribution in [3.8, 4) is 0 Å². The molecule has 0 heterocycles. The van der Waals surface area contributed by atoms with Crippen molar-refractivity contribution in [2.24, 2.45) is 0 Å². The first-order valence-corrected chi connectivity index (χ1v) is 30.7. The maximum Gasteiger partial charge on any atom is 0.472 e.